The topological polar surface area (TPSA) is 7.12 Å². The first-order valence-electron chi connectivity index (χ1n) is 7.20. The van der Waals surface area contributed by atoms with E-state index in [0.717, 1.165) is 0 Å². The van der Waals surface area contributed by atoms with Crippen molar-refractivity contribution in [3.8, 4) is 0 Å². The molecule has 2 heterocycles. The molecule has 1 aliphatic rings. The highest BCUT2D eigenvalue weighted by Crippen LogP contribution is 2.27. The highest BCUT2D eigenvalue weighted by atomic mass is 15.1. The number of hydrogen-bond acceptors (Lipinski definition) is 1. The number of aryl methyl sites for hydroxylation is 2. The molecule has 3 rings (SSSR count). The first-order valence-corrected chi connectivity index (χ1v) is 7.20. The maximum atomic E-state index is 2.35. The predicted octanol–water partition coefficient (Wildman–Crippen LogP) is 3.06. The van der Waals surface area contributed by atoms with Crippen LogP contribution in [-0.4, -0.2) is 13.6 Å². The highest BCUT2D eigenvalue weighted by molar-refractivity contribution is 5.71. The minimum atomic E-state index is 1.17. The van der Waals surface area contributed by atoms with Gasteiger partial charge < -0.3 is 4.90 Å². The van der Waals surface area contributed by atoms with E-state index in [-0.39, 0.29) is 0 Å². The normalized spacial score (nSPS) is 14.6. The Morgan fingerprint density at radius 3 is 2.60 bits per heavy atom. The van der Waals surface area contributed by atoms with Gasteiger partial charge in [0, 0.05) is 31.4 Å². The van der Waals surface area contributed by atoms with E-state index in [0.29, 0.717) is 0 Å². The average Bonchev–Trinajstić information content (AvgIpc) is 2.47. The summed E-state index contributed by atoms with van der Waals surface area (Å²) in [4.78, 5) is 2.35. The lowest BCUT2D eigenvalue weighted by Gasteiger charge is -2.27. The van der Waals surface area contributed by atoms with E-state index < -0.39 is 0 Å². The Bertz CT molecular complexity index is 626. The number of hydrogen-bond donors (Lipinski definition) is 0. The number of rotatable bonds is 2. The van der Waals surface area contributed by atoms with Crippen molar-refractivity contribution in [1.29, 1.82) is 0 Å². The molecule has 1 aromatic carbocycles. The van der Waals surface area contributed by atoms with E-state index in [1.165, 1.54) is 41.8 Å². The van der Waals surface area contributed by atoms with Crippen LogP contribution in [-0.2, 0) is 13.5 Å². The SMILES string of the molecule is CN1CCCc2cc(/C=C/c3cc[n+](C)cc3)ccc21. The molecule has 0 radical (unpaired) electrons. The zero-order valence-electron chi connectivity index (χ0n) is 12.2. The fourth-order valence-electron chi connectivity index (χ4n) is 2.72. The molecule has 0 spiro atoms. The molecule has 102 valence electrons. The summed E-state index contributed by atoms with van der Waals surface area (Å²) >= 11 is 0. The molecule has 2 aromatic rings. The van der Waals surface area contributed by atoms with Gasteiger partial charge in [0.15, 0.2) is 12.4 Å². The highest BCUT2D eigenvalue weighted by Gasteiger charge is 2.12. The Hall–Kier alpha value is -2.09. The number of benzene rings is 1. The summed E-state index contributed by atoms with van der Waals surface area (Å²) in [7, 11) is 4.21. The number of aromatic nitrogens is 1. The fourth-order valence-corrected chi connectivity index (χ4v) is 2.72. The van der Waals surface area contributed by atoms with Gasteiger partial charge in [0.2, 0.25) is 0 Å². The third-order valence-electron chi connectivity index (χ3n) is 3.93. The number of fused-ring (bicyclic) bond motifs is 1. The van der Waals surface area contributed by atoms with Gasteiger partial charge in [-0.25, -0.2) is 4.57 Å². The van der Waals surface area contributed by atoms with E-state index >= 15 is 0 Å². The van der Waals surface area contributed by atoms with Crippen molar-refractivity contribution >= 4 is 17.8 Å². The van der Waals surface area contributed by atoms with Crippen LogP contribution >= 0.6 is 0 Å². The molecule has 0 aliphatic carbocycles. The molecule has 0 saturated carbocycles. The van der Waals surface area contributed by atoms with Gasteiger partial charge in [0.05, 0.1) is 0 Å². The van der Waals surface area contributed by atoms with Crippen molar-refractivity contribution in [3.05, 3.63) is 59.4 Å². The lowest BCUT2D eigenvalue weighted by atomic mass is 9.99. The Morgan fingerprint density at radius 2 is 1.80 bits per heavy atom. The van der Waals surface area contributed by atoms with Crippen LogP contribution in [0.3, 0.4) is 0 Å². The summed E-state index contributed by atoms with van der Waals surface area (Å²) < 4.78 is 2.05. The van der Waals surface area contributed by atoms with Crippen LogP contribution in [0.5, 0.6) is 0 Å². The molecule has 20 heavy (non-hydrogen) atoms. The second kappa shape index (κ2) is 5.49. The fraction of sp³-hybridized carbons (Fsp3) is 0.278. The van der Waals surface area contributed by atoms with Gasteiger partial charge in [-0.2, -0.15) is 0 Å². The quantitative estimate of drug-likeness (QED) is 0.757. The summed E-state index contributed by atoms with van der Waals surface area (Å²) in [6.07, 6.45) is 11.0. The molecule has 2 heteroatoms. The van der Waals surface area contributed by atoms with Crippen LogP contribution in [0, 0.1) is 0 Å². The third-order valence-corrected chi connectivity index (χ3v) is 3.93. The minimum Gasteiger partial charge on any atom is -0.374 e. The zero-order valence-corrected chi connectivity index (χ0v) is 12.2. The van der Waals surface area contributed by atoms with E-state index in [4.69, 9.17) is 0 Å². The van der Waals surface area contributed by atoms with E-state index in [2.05, 4.69) is 66.8 Å². The zero-order chi connectivity index (χ0) is 13.9. The molecular formula is C18H21N2+. The average molecular weight is 265 g/mol. The molecule has 0 unspecified atom stereocenters. The predicted molar refractivity (Wildman–Crippen MR) is 84.6 cm³/mol. The maximum absolute atomic E-state index is 2.35. The second-order valence-corrected chi connectivity index (χ2v) is 5.54. The van der Waals surface area contributed by atoms with Crippen LogP contribution < -0.4 is 9.47 Å². The Morgan fingerprint density at radius 1 is 1.05 bits per heavy atom. The largest absolute Gasteiger partial charge is 0.374 e. The van der Waals surface area contributed by atoms with Crippen molar-refractivity contribution in [2.24, 2.45) is 7.05 Å². The van der Waals surface area contributed by atoms with Gasteiger partial charge in [-0.3, -0.25) is 0 Å². The molecule has 2 nitrogen and oxygen atoms in total. The molecule has 0 amide bonds. The lowest BCUT2D eigenvalue weighted by molar-refractivity contribution is -0.671. The first-order chi connectivity index (χ1) is 9.72. The number of pyridine rings is 1. The maximum Gasteiger partial charge on any atom is 0.169 e. The van der Waals surface area contributed by atoms with E-state index in [1.54, 1.807) is 0 Å². The van der Waals surface area contributed by atoms with Crippen LogP contribution in [0.15, 0.2) is 42.7 Å². The van der Waals surface area contributed by atoms with Crippen LogP contribution in [0.2, 0.25) is 0 Å². The Balaban J connectivity index is 1.83. The van der Waals surface area contributed by atoms with Gasteiger partial charge in [-0.15, -0.1) is 0 Å². The van der Waals surface area contributed by atoms with Gasteiger partial charge in [-0.1, -0.05) is 18.2 Å². The molecule has 1 aliphatic heterocycles. The van der Waals surface area contributed by atoms with Gasteiger partial charge in [0.25, 0.3) is 0 Å². The monoisotopic (exact) mass is 265 g/mol. The van der Waals surface area contributed by atoms with Crippen molar-refractivity contribution in [1.82, 2.24) is 0 Å². The van der Waals surface area contributed by atoms with E-state index in [9.17, 15) is 0 Å². The second-order valence-electron chi connectivity index (χ2n) is 5.54. The van der Waals surface area contributed by atoms with Crippen LogP contribution in [0.4, 0.5) is 5.69 Å². The summed E-state index contributed by atoms with van der Waals surface area (Å²) in [5.74, 6) is 0. The molecular weight excluding hydrogens is 244 g/mol. The smallest absolute Gasteiger partial charge is 0.169 e. The van der Waals surface area contributed by atoms with Crippen molar-refractivity contribution in [3.63, 3.8) is 0 Å². The molecule has 0 fully saturated rings. The van der Waals surface area contributed by atoms with Crippen LogP contribution in [0.1, 0.15) is 23.1 Å². The first kappa shape index (κ1) is 12.9. The molecule has 0 N–H and O–H groups in total. The number of nitrogens with zero attached hydrogens (tertiary/aromatic N) is 2. The minimum absolute atomic E-state index is 1.17. The van der Waals surface area contributed by atoms with Crippen molar-refractivity contribution in [2.75, 3.05) is 18.5 Å². The standard InChI is InChI=1S/C18H21N2/c1-19-12-9-15(10-13-19)5-6-16-7-8-18-17(14-16)4-3-11-20(18)2/h5-10,12-14H,3-4,11H2,1-2H3/q+1. The van der Waals surface area contributed by atoms with Gasteiger partial charge >= 0.3 is 0 Å². The molecule has 0 bridgehead atoms. The Kier molecular flexibility index (Phi) is 3.55. The summed E-state index contributed by atoms with van der Waals surface area (Å²) in [5.41, 5.74) is 5.38. The summed E-state index contributed by atoms with van der Waals surface area (Å²) in [6, 6.07) is 11.0. The molecule has 1 aromatic heterocycles. The van der Waals surface area contributed by atoms with Crippen molar-refractivity contribution < 1.29 is 4.57 Å². The van der Waals surface area contributed by atoms with Crippen LogP contribution in [0.25, 0.3) is 12.2 Å². The summed E-state index contributed by atoms with van der Waals surface area (Å²) in [5, 5.41) is 0. The summed E-state index contributed by atoms with van der Waals surface area (Å²) in [6.45, 7) is 1.17. The van der Waals surface area contributed by atoms with Crippen molar-refractivity contribution in [2.45, 2.75) is 12.8 Å². The molecule has 0 saturated heterocycles. The number of anilines is 1. The molecule has 0 atom stereocenters. The van der Waals surface area contributed by atoms with Gasteiger partial charge in [0.1, 0.15) is 7.05 Å². The lowest BCUT2D eigenvalue weighted by Crippen LogP contribution is -2.25. The Labute approximate surface area is 121 Å². The van der Waals surface area contributed by atoms with Gasteiger partial charge in [-0.05, 0) is 41.7 Å². The van der Waals surface area contributed by atoms with E-state index in [1.807, 2.05) is 11.6 Å². The third kappa shape index (κ3) is 2.74.